The largest absolute Gasteiger partial charge is 0.219 e. The maximum atomic E-state index is 12.3. The van der Waals surface area contributed by atoms with Crippen LogP contribution >= 0.6 is 0 Å². The highest BCUT2D eigenvalue weighted by molar-refractivity contribution is 7.94. The van der Waals surface area contributed by atoms with Crippen molar-refractivity contribution in [1.29, 1.82) is 0 Å². The van der Waals surface area contributed by atoms with Crippen LogP contribution in [0.1, 0.15) is 52.4 Å². The Balaban J connectivity index is 2.92. The molecule has 0 saturated carbocycles. The quantitative estimate of drug-likeness (QED) is 0.690. The van der Waals surface area contributed by atoms with E-state index in [1.807, 2.05) is 6.07 Å². The van der Waals surface area contributed by atoms with Gasteiger partial charge in [0.2, 0.25) is 0 Å². The van der Waals surface area contributed by atoms with Crippen LogP contribution in [-0.2, 0) is 9.84 Å². The summed E-state index contributed by atoms with van der Waals surface area (Å²) in [5.41, 5.74) is 1.06. The third kappa shape index (κ3) is 5.60. The highest BCUT2D eigenvalue weighted by Crippen LogP contribution is 2.20. The lowest BCUT2D eigenvalue weighted by Crippen LogP contribution is -1.99. The van der Waals surface area contributed by atoms with E-state index in [-0.39, 0.29) is 0 Å². The maximum Gasteiger partial charge on any atom is 0.199 e. The number of sulfone groups is 1. The first kappa shape index (κ1) is 16.0. The van der Waals surface area contributed by atoms with Crippen molar-refractivity contribution in [2.75, 3.05) is 0 Å². The molecule has 0 aliphatic carbocycles. The topological polar surface area (TPSA) is 34.1 Å². The zero-order valence-corrected chi connectivity index (χ0v) is 12.7. The zero-order valence-electron chi connectivity index (χ0n) is 11.9. The monoisotopic (exact) mass is 280 g/mol. The summed E-state index contributed by atoms with van der Waals surface area (Å²) < 4.78 is 24.6. The van der Waals surface area contributed by atoms with E-state index in [9.17, 15) is 8.42 Å². The summed E-state index contributed by atoms with van der Waals surface area (Å²) in [6.45, 7) is 4.26. The SMILES string of the molecule is CCCCC(=CS(=O)(=O)c1ccccc1)CCCC. The van der Waals surface area contributed by atoms with Gasteiger partial charge in [-0.3, -0.25) is 0 Å². The Bertz CT molecular complexity index is 477. The van der Waals surface area contributed by atoms with Gasteiger partial charge in [0.05, 0.1) is 4.90 Å². The fraction of sp³-hybridized carbons (Fsp3) is 0.500. The van der Waals surface area contributed by atoms with Gasteiger partial charge in [0.1, 0.15) is 0 Å². The minimum Gasteiger partial charge on any atom is -0.219 e. The predicted molar refractivity (Wildman–Crippen MR) is 80.8 cm³/mol. The summed E-state index contributed by atoms with van der Waals surface area (Å²) in [5, 5.41) is 1.49. The molecule has 0 aliphatic heterocycles. The predicted octanol–water partition coefficient (Wildman–Crippen LogP) is 4.72. The molecule has 1 aromatic carbocycles. The zero-order chi connectivity index (χ0) is 14.1. The molecule has 0 bridgehead atoms. The van der Waals surface area contributed by atoms with E-state index in [2.05, 4.69) is 13.8 Å². The van der Waals surface area contributed by atoms with E-state index in [4.69, 9.17) is 0 Å². The van der Waals surface area contributed by atoms with Gasteiger partial charge in [0, 0.05) is 5.41 Å². The molecule has 106 valence electrons. The second kappa shape index (κ2) is 8.16. The van der Waals surface area contributed by atoms with Crippen LogP contribution < -0.4 is 0 Å². The second-order valence-corrected chi connectivity index (χ2v) is 6.64. The first-order chi connectivity index (χ1) is 9.10. The molecule has 0 radical (unpaired) electrons. The molecule has 19 heavy (non-hydrogen) atoms. The first-order valence-corrected chi connectivity index (χ1v) is 8.64. The van der Waals surface area contributed by atoms with Crippen LogP contribution in [0.25, 0.3) is 0 Å². The molecule has 2 nitrogen and oxygen atoms in total. The van der Waals surface area contributed by atoms with E-state index < -0.39 is 9.84 Å². The van der Waals surface area contributed by atoms with Crippen molar-refractivity contribution >= 4 is 9.84 Å². The third-order valence-corrected chi connectivity index (χ3v) is 4.67. The van der Waals surface area contributed by atoms with Gasteiger partial charge in [-0.05, 0) is 37.8 Å². The smallest absolute Gasteiger partial charge is 0.199 e. The van der Waals surface area contributed by atoms with Gasteiger partial charge in [-0.1, -0.05) is 50.5 Å². The maximum absolute atomic E-state index is 12.3. The van der Waals surface area contributed by atoms with Gasteiger partial charge < -0.3 is 0 Å². The highest BCUT2D eigenvalue weighted by Gasteiger charge is 2.11. The average molecular weight is 280 g/mol. The van der Waals surface area contributed by atoms with Crippen molar-refractivity contribution in [2.45, 2.75) is 57.3 Å². The molecule has 0 fully saturated rings. The summed E-state index contributed by atoms with van der Waals surface area (Å²) in [6.07, 6.45) is 6.08. The molecular formula is C16H24O2S. The van der Waals surface area contributed by atoms with Crippen LogP contribution in [0.5, 0.6) is 0 Å². The Kier molecular flexibility index (Phi) is 6.85. The Morgan fingerprint density at radius 1 is 1.00 bits per heavy atom. The second-order valence-electron chi connectivity index (χ2n) is 4.84. The van der Waals surface area contributed by atoms with Gasteiger partial charge in [-0.2, -0.15) is 0 Å². The summed E-state index contributed by atoms with van der Waals surface area (Å²) in [6, 6.07) is 8.67. The van der Waals surface area contributed by atoms with E-state index in [0.29, 0.717) is 4.90 Å². The average Bonchev–Trinajstić information content (AvgIpc) is 2.42. The van der Waals surface area contributed by atoms with Crippen LogP contribution in [0.15, 0.2) is 46.2 Å². The van der Waals surface area contributed by atoms with Gasteiger partial charge >= 0.3 is 0 Å². The summed E-state index contributed by atoms with van der Waals surface area (Å²) >= 11 is 0. The van der Waals surface area contributed by atoms with Crippen molar-refractivity contribution in [3.63, 3.8) is 0 Å². The molecule has 0 aliphatic rings. The molecule has 0 unspecified atom stereocenters. The van der Waals surface area contributed by atoms with Gasteiger partial charge in [0.15, 0.2) is 9.84 Å². The molecule has 0 atom stereocenters. The minimum absolute atomic E-state index is 0.389. The van der Waals surface area contributed by atoms with Gasteiger partial charge in [0.25, 0.3) is 0 Å². The van der Waals surface area contributed by atoms with Crippen LogP contribution in [0.4, 0.5) is 0 Å². The fourth-order valence-corrected chi connectivity index (χ4v) is 3.30. The van der Waals surface area contributed by atoms with E-state index in [0.717, 1.165) is 44.1 Å². The standard InChI is InChI=1S/C16H24O2S/c1-3-5-10-15(11-6-4-2)14-19(17,18)16-12-8-7-9-13-16/h7-9,12-14H,3-6,10-11H2,1-2H3. The van der Waals surface area contributed by atoms with Crippen LogP contribution in [0, 0.1) is 0 Å². The van der Waals surface area contributed by atoms with Crippen molar-refractivity contribution in [2.24, 2.45) is 0 Å². The Morgan fingerprint density at radius 2 is 1.53 bits per heavy atom. The molecule has 0 saturated heterocycles. The van der Waals surface area contributed by atoms with Gasteiger partial charge in [-0.15, -0.1) is 0 Å². The minimum atomic E-state index is -3.28. The molecule has 0 aromatic heterocycles. The Hall–Kier alpha value is -1.09. The fourth-order valence-electron chi connectivity index (χ4n) is 1.95. The molecule has 1 rings (SSSR count). The normalized spacial score (nSPS) is 11.3. The van der Waals surface area contributed by atoms with E-state index >= 15 is 0 Å². The Labute approximate surface area is 117 Å². The summed E-state index contributed by atoms with van der Waals surface area (Å²) in [5.74, 6) is 0. The van der Waals surface area contributed by atoms with Crippen LogP contribution in [0.3, 0.4) is 0 Å². The lowest BCUT2D eigenvalue weighted by Gasteiger charge is -2.07. The lowest BCUT2D eigenvalue weighted by atomic mass is 10.1. The number of rotatable bonds is 8. The molecule has 0 heterocycles. The molecule has 1 aromatic rings. The van der Waals surface area contributed by atoms with Crippen LogP contribution in [0.2, 0.25) is 0 Å². The van der Waals surface area contributed by atoms with E-state index in [1.54, 1.807) is 24.3 Å². The lowest BCUT2D eigenvalue weighted by molar-refractivity contribution is 0.603. The van der Waals surface area contributed by atoms with Crippen molar-refractivity contribution in [3.05, 3.63) is 41.3 Å². The summed E-state index contributed by atoms with van der Waals surface area (Å²) in [4.78, 5) is 0.389. The number of hydrogen-bond donors (Lipinski definition) is 0. The molecule has 3 heteroatoms. The number of benzene rings is 1. The van der Waals surface area contributed by atoms with Gasteiger partial charge in [-0.25, -0.2) is 8.42 Å². The molecule has 0 amide bonds. The van der Waals surface area contributed by atoms with Crippen molar-refractivity contribution < 1.29 is 8.42 Å². The molecule has 0 N–H and O–H groups in total. The number of unbranched alkanes of at least 4 members (excludes halogenated alkanes) is 2. The van der Waals surface area contributed by atoms with E-state index in [1.165, 1.54) is 5.41 Å². The van der Waals surface area contributed by atoms with Crippen molar-refractivity contribution in [1.82, 2.24) is 0 Å². The first-order valence-electron chi connectivity index (χ1n) is 7.09. The Morgan fingerprint density at radius 3 is 2.00 bits per heavy atom. The number of hydrogen-bond acceptors (Lipinski definition) is 2. The van der Waals surface area contributed by atoms with Crippen LogP contribution in [-0.4, -0.2) is 8.42 Å². The molecular weight excluding hydrogens is 256 g/mol. The third-order valence-electron chi connectivity index (χ3n) is 3.10. The summed E-state index contributed by atoms with van der Waals surface area (Å²) in [7, 11) is -3.28. The highest BCUT2D eigenvalue weighted by atomic mass is 32.2. The number of allylic oxidation sites excluding steroid dienone is 1. The van der Waals surface area contributed by atoms with Crippen molar-refractivity contribution in [3.8, 4) is 0 Å². The molecule has 0 spiro atoms.